The van der Waals surface area contributed by atoms with Gasteiger partial charge in [-0.1, -0.05) is 6.92 Å². The van der Waals surface area contributed by atoms with Gasteiger partial charge in [0.1, 0.15) is 5.75 Å². The number of aromatic amines is 1. The zero-order chi connectivity index (χ0) is 15.3. The van der Waals surface area contributed by atoms with Crippen molar-refractivity contribution in [2.75, 3.05) is 18.6 Å². The summed E-state index contributed by atoms with van der Waals surface area (Å²) in [4.78, 5) is 21.0. The zero-order valence-corrected chi connectivity index (χ0v) is 12.7. The van der Waals surface area contributed by atoms with Gasteiger partial charge in [0.15, 0.2) is 0 Å². The molecule has 22 heavy (non-hydrogen) atoms. The molecule has 4 rings (SSSR count). The second kappa shape index (κ2) is 4.87. The standard InChI is InChI=1S/C17H19N3O2/c1-3-15(21)20(2)10-4-5-14-11(6-10)16-12(8-22-14)17(16)13-7-18-9-19-13/h4-7,9,12,16-17H,3,8H2,1-2H3,(H,18,19)/t12-,16+,17-/m0/s1. The fourth-order valence-electron chi connectivity index (χ4n) is 3.58. The van der Waals surface area contributed by atoms with Crippen LogP contribution in [0, 0.1) is 5.92 Å². The van der Waals surface area contributed by atoms with E-state index in [0.29, 0.717) is 24.2 Å². The van der Waals surface area contributed by atoms with Gasteiger partial charge >= 0.3 is 0 Å². The minimum atomic E-state index is 0.120. The number of hydrogen-bond donors (Lipinski definition) is 1. The Morgan fingerprint density at radius 2 is 2.32 bits per heavy atom. The smallest absolute Gasteiger partial charge is 0.226 e. The lowest BCUT2D eigenvalue weighted by Gasteiger charge is -2.21. The molecule has 2 heterocycles. The minimum absolute atomic E-state index is 0.120. The number of nitrogens with one attached hydrogen (secondary N) is 1. The van der Waals surface area contributed by atoms with Gasteiger partial charge in [0.2, 0.25) is 5.91 Å². The van der Waals surface area contributed by atoms with Crippen LogP contribution in [-0.4, -0.2) is 29.5 Å². The number of nitrogens with zero attached hydrogens (tertiary/aromatic N) is 2. The number of carbonyl (C=O) groups excluding carboxylic acids is 1. The number of imidazole rings is 1. The first-order valence-electron chi connectivity index (χ1n) is 7.72. The van der Waals surface area contributed by atoms with Crippen LogP contribution in [0.25, 0.3) is 0 Å². The third kappa shape index (κ3) is 1.92. The number of H-pyrrole nitrogens is 1. The Hall–Kier alpha value is -2.30. The van der Waals surface area contributed by atoms with Crippen molar-refractivity contribution in [1.29, 1.82) is 0 Å². The average Bonchev–Trinajstić information content (AvgIpc) is 3.05. The maximum absolute atomic E-state index is 11.9. The van der Waals surface area contributed by atoms with Crippen LogP contribution in [0.3, 0.4) is 0 Å². The number of aromatic nitrogens is 2. The van der Waals surface area contributed by atoms with Crippen LogP contribution in [-0.2, 0) is 4.79 Å². The molecule has 1 amide bonds. The normalized spacial score (nSPS) is 24.9. The number of rotatable bonds is 3. The summed E-state index contributed by atoms with van der Waals surface area (Å²) < 4.78 is 5.89. The Morgan fingerprint density at radius 1 is 1.45 bits per heavy atom. The number of fused-ring (bicyclic) bond motifs is 3. The molecule has 1 aromatic heterocycles. The van der Waals surface area contributed by atoms with Crippen molar-refractivity contribution in [3.05, 3.63) is 42.0 Å². The largest absolute Gasteiger partial charge is 0.493 e. The maximum atomic E-state index is 11.9. The lowest BCUT2D eigenvalue weighted by atomic mass is 10.0. The van der Waals surface area contributed by atoms with Gasteiger partial charge in [-0.25, -0.2) is 4.98 Å². The monoisotopic (exact) mass is 297 g/mol. The highest BCUT2D eigenvalue weighted by molar-refractivity contribution is 5.92. The van der Waals surface area contributed by atoms with Gasteiger partial charge in [0.05, 0.1) is 12.9 Å². The fourth-order valence-corrected chi connectivity index (χ4v) is 3.58. The molecule has 114 valence electrons. The number of carbonyl (C=O) groups is 1. The number of anilines is 1. The van der Waals surface area contributed by atoms with Crippen LogP contribution in [0.2, 0.25) is 0 Å². The van der Waals surface area contributed by atoms with E-state index in [1.807, 2.05) is 32.3 Å². The number of hydrogen-bond acceptors (Lipinski definition) is 3. The third-order valence-corrected chi connectivity index (χ3v) is 4.89. The van der Waals surface area contributed by atoms with Gasteiger partial charge in [0.25, 0.3) is 0 Å². The van der Waals surface area contributed by atoms with Crippen LogP contribution >= 0.6 is 0 Å². The molecular formula is C17H19N3O2. The molecule has 5 heteroatoms. The Bertz CT molecular complexity index is 711. The van der Waals surface area contributed by atoms with E-state index >= 15 is 0 Å². The molecule has 0 spiro atoms. The first-order chi connectivity index (χ1) is 10.7. The molecule has 0 radical (unpaired) electrons. The molecule has 1 fully saturated rings. The summed E-state index contributed by atoms with van der Waals surface area (Å²) >= 11 is 0. The van der Waals surface area contributed by atoms with E-state index in [9.17, 15) is 4.79 Å². The molecule has 1 saturated carbocycles. The van der Waals surface area contributed by atoms with E-state index in [-0.39, 0.29) is 5.91 Å². The number of benzene rings is 1. The number of ether oxygens (including phenoxy) is 1. The molecule has 1 aromatic carbocycles. The highest BCUT2D eigenvalue weighted by Crippen LogP contribution is 2.64. The Morgan fingerprint density at radius 3 is 3.05 bits per heavy atom. The van der Waals surface area contributed by atoms with Gasteiger partial charge in [-0.3, -0.25) is 4.79 Å². The van der Waals surface area contributed by atoms with E-state index in [1.54, 1.807) is 11.2 Å². The predicted molar refractivity (Wildman–Crippen MR) is 83.2 cm³/mol. The van der Waals surface area contributed by atoms with Crippen molar-refractivity contribution in [3.8, 4) is 5.75 Å². The lowest BCUT2D eigenvalue weighted by molar-refractivity contribution is -0.118. The van der Waals surface area contributed by atoms with E-state index in [1.165, 1.54) is 11.3 Å². The summed E-state index contributed by atoms with van der Waals surface area (Å²) in [6.07, 6.45) is 4.14. The van der Waals surface area contributed by atoms with Crippen molar-refractivity contribution in [3.63, 3.8) is 0 Å². The van der Waals surface area contributed by atoms with Gasteiger partial charge in [0, 0.05) is 54.4 Å². The summed E-state index contributed by atoms with van der Waals surface area (Å²) in [6, 6.07) is 6.05. The van der Waals surface area contributed by atoms with Crippen molar-refractivity contribution in [1.82, 2.24) is 9.97 Å². The first kappa shape index (κ1) is 13.4. The van der Waals surface area contributed by atoms with E-state index in [2.05, 4.69) is 16.0 Å². The summed E-state index contributed by atoms with van der Waals surface area (Å²) in [7, 11) is 1.83. The lowest BCUT2D eigenvalue weighted by Crippen LogP contribution is -2.25. The molecular weight excluding hydrogens is 278 g/mol. The highest BCUT2D eigenvalue weighted by Gasteiger charge is 2.56. The molecule has 0 unspecified atom stereocenters. The highest BCUT2D eigenvalue weighted by atomic mass is 16.5. The zero-order valence-electron chi connectivity index (χ0n) is 12.7. The van der Waals surface area contributed by atoms with Gasteiger partial charge in [-0.05, 0) is 18.2 Å². The summed E-state index contributed by atoms with van der Waals surface area (Å²) in [5.74, 6) is 2.49. The molecule has 1 N–H and O–H groups in total. The van der Waals surface area contributed by atoms with Crippen LogP contribution in [0.15, 0.2) is 30.7 Å². The summed E-state index contributed by atoms with van der Waals surface area (Å²) in [5, 5.41) is 0. The predicted octanol–water partition coefficient (Wildman–Crippen LogP) is 2.67. The quantitative estimate of drug-likeness (QED) is 0.947. The van der Waals surface area contributed by atoms with Gasteiger partial charge in [-0.15, -0.1) is 0 Å². The number of amides is 1. The van der Waals surface area contributed by atoms with Crippen molar-refractivity contribution < 1.29 is 9.53 Å². The van der Waals surface area contributed by atoms with Crippen LogP contribution < -0.4 is 9.64 Å². The van der Waals surface area contributed by atoms with E-state index < -0.39 is 0 Å². The van der Waals surface area contributed by atoms with Crippen LogP contribution in [0.1, 0.15) is 36.4 Å². The molecule has 2 aromatic rings. The van der Waals surface area contributed by atoms with Crippen molar-refractivity contribution in [2.24, 2.45) is 5.92 Å². The van der Waals surface area contributed by atoms with Gasteiger partial charge in [-0.2, -0.15) is 0 Å². The molecule has 1 aliphatic heterocycles. The first-order valence-corrected chi connectivity index (χ1v) is 7.72. The SMILES string of the molecule is CCC(=O)N(C)c1ccc2c(c1)[C@@H]1[C@H](CO2)[C@H]1c1cnc[nH]1. The second-order valence-corrected chi connectivity index (χ2v) is 6.06. The molecule has 3 atom stereocenters. The maximum Gasteiger partial charge on any atom is 0.226 e. The Kier molecular flexibility index (Phi) is 2.96. The van der Waals surface area contributed by atoms with Gasteiger partial charge < -0.3 is 14.6 Å². The molecule has 0 saturated heterocycles. The fraction of sp³-hybridized carbons (Fsp3) is 0.412. The topological polar surface area (TPSA) is 58.2 Å². The van der Waals surface area contributed by atoms with Crippen molar-refractivity contribution in [2.45, 2.75) is 25.2 Å². The molecule has 0 bridgehead atoms. The van der Waals surface area contributed by atoms with E-state index in [0.717, 1.165) is 18.0 Å². The van der Waals surface area contributed by atoms with Crippen molar-refractivity contribution >= 4 is 11.6 Å². The summed E-state index contributed by atoms with van der Waals surface area (Å²) in [5.41, 5.74) is 3.32. The average molecular weight is 297 g/mol. The molecule has 2 aliphatic rings. The third-order valence-electron chi connectivity index (χ3n) is 4.89. The second-order valence-electron chi connectivity index (χ2n) is 6.06. The Balaban J connectivity index is 1.67. The summed E-state index contributed by atoms with van der Waals surface area (Å²) in [6.45, 7) is 2.63. The molecule has 1 aliphatic carbocycles. The Labute approximate surface area is 129 Å². The minimum Gasteiger partial charge on any atom is -0.493 e. The van der Waals surface area contributed by atoms with Crippen LogP contribution in [0.5, 0.6) is 5.75 Å². The van der Waals surface area contributed by atoms with Crippen LogP contribution in [0.4, 0.5) is 5.69 Å². The van der Waals surface area contributed by atoms with E-state index in [4.69, 9.17) is 4.74 Å². The molecule has 5 nitrogen and oxygen atoms in total.